The van der Waals surface area contributed by atoms with Gasteiger partial charge in [0.05, 0.1) is 19.5 Å². The maximum absolute atomic E-state index is 11.9. The van der Waals surface area contributed by atoms with Crippen LogP contribution in [0.25, 0.3) is 0 Å². The molecular formula is C16H16BrN3O4. The minimum atomic E-state index is -1.18. The molecule has 1 aromatic carbocycles. The van der Waals surface area contributed by atoms with Gasteiger partial charge >= 0.3 is 5.97 Å². The lowest BCUT2D eigenvalue weighted by atomic mass is 10.1. The van der Waals surface area contributed by atoms with Crippen molar-refractivity contribution in [1.29, 1.82) is 0 Å². The Morgan fingerprint density at radius 1 is 1.25 bits per heavy atom. The fourth-order valence-corrected chi connectivity index (χ4v) is 2.39. The van der Waals surface area contributed by atoms with Crippen molar-refractivity contribution in [2.75, 3.05) is 13.7 Å². The van der Waals surface area contributed by atoms with Crippen molar-refractivity contribution >= 4 is 27.8 Å². The van der Waals surface area contributed by atoms with Crippen LogP contribution in [0.5, 0.6) is 5.75 Å². The number of ether oxygens (including phenoxy) is 1. The van der Waals surface area contributed by atoms with Crippen LogP contribution in [0, 0.1) is 0 Å². The Hall–Kier alpha value is -2.48. The Bertz CT molecular complexity index is 735. The number of methoxy groups -OCH3 is 1. The molecule has 0 radical (unpaired) electrons. The van der Waals surface area contributed by atoms with Gasteiger partial charge in [0.15, 0.2) is 5.69 Å². The van der Waals surface area contributed by atoms with E-state index >= 15 is 0 Å². The molecule has 2 rings (SSSR count). The Morgan fingerprint density at radius 2 is 1.96 bits per heavy atom. The number of rotatable bonds is 7. The number of aromatic nitrogens is 2. The van der Waals surface area contributed by atoms with Crippen LogP contribution in [-0.4, -0.2) is 40.6 Å². The molecule has 1 aromatic heterocycles. The smallest absolute Gasteiger partial charge is 0.356 e. The van der Waals surface area contributed by atoms with E-state index in [2.05, 4.69) is 31.2 Å². The van der Waals surface area contributed by atoms with E-state index in [9.17, 15) is 9.59 Å². The van der Waals surface area contributed by atoms with E-state index in [1.54, 1.807) is 7.11 Å². The topological polar surface area (TPSA) is 101 Å². The number of aryl methyl sites for hydroxylation is 1. The third-order valence-corrected chi connectivity index (χ3v) is 3.75. The van der Waals surface area contributed by atoms with Crippen LogP contribution in [0.2, 0.25) is 0 Å². The average Bonchev–Trinajstić information content (AvgIpc) is 2.59. The lowest BCUT2D eigenvalue weighted by molar-refractivity contribution is 0.0689. The molecule has 1 amide bonds. The molecule has 0 saturated carbocycles. The van der Waals surface area contributed by atoms with Gasteiger partial charge in [-0.1, -0.05) is 22.0 Å². The summed E-state index contributed by atoms with van der Waals surface area (Å²) in [6.07, 6.45) is 3.69. The van der Waals surface area contributed by atoms with Gasteiger partial charge < -0.3 is 15.2 Å². The maximum Gasteiger partial charge on any atom is 0.356 e. The largest absolute Gasteiger partial charge is 0.496 e. The molecule has 2 aromatic rings. The zero-order valence-electron chi connectivity index (χ0n) is 13.0. The highest BCUT2D eigenvalue weighted by Gasteiger charge is 2.10. The Kier molecular flexibility index (Phi) is 6.25. The molecule has 0 saturated heterocycles. The van der Waals surface area contributed by atoms with E-state index in [0.717, 1.165) is 41.0 Å². The number of aromatic carboxylic acids is 1. The monoisotopic (exact) mass is 393 g/mol. The molecule has 2 N–H and O–H groups in total. The molecule has 0 fully saturated rings. The second kappa shape index (κ2) is 8.39. The van der Waals surface area contributed by atoms with Crippen molar-refractivity contribution in [2.45, 2.75) is 12.8 Å². The molecule has 8 heteroatoms. The lowest BCUT2D eigenvalue weighted by Gasteiger charge is -2.09. The number of nitrogens with one attached hydrogen (secondary N) is 1. The fraction of sp³-hybridized carbons (Fsp3) is 0.250. The van der Waals surface area contributed by atoms with E-state index in [4.69, 9.17) is 9.84 Å². The Morgan fingerprint density at radius 3 is 2.58 bits per heavy atom. The number of carboxylic acids is 1. The third-order valence-electron chi connectivity index (χ3n) is 3.26. The highest BCUT2D eigenvalue weighted by Crippen LogP contribution is 2.24. The summed E-state index contributed by atoms with van der Waals surface area (Å²) in [6, 6.07) is 5.81. The van der Waals surface area contributed by atoms with Gasteiger partial charge in [0, 0.05) is 11.0 Å². The number of carboxylic acid groups (broad SMARTS) is 1. The first-order valence-corrected chi connectivity index (χ1v) is 7.96. The van der Waals surface area contributed by atoms with E-state index < -0.39 is 5.97 Å². The van der Waals surface area contributed by atoms with Gasteiger partial charge in [-0.05, 0) is 30.5 Å². The van der Waals surface area contributed by atoms with Gasteiger partial charge in [-0.25, -0.2) is 14.8 Å². The Balaban J connectivity index is 1.83. The summed E-state index contributed by atoms with van der Waals surface area (Å²) in [7, 11) is 1.62. The second-order valence-electron chi connectivity index (χ2n) is 4.91. The molecule has 0 bridgehead atoms. The predicted molar refractivity (Wildman–Crippen MR) is 90.3 cm³/mol. The number of benzene rings is 1. The summed E-state index contributed by atoms with van der Waals surface area (Å²) >= 11 is 3.39. The number of carbonyl (C=O) groups is 2. The molecule has 24 heavy (non-hydrogen) atoms. The van der Waals surface area contributed by atoms with Crippen LogP contribution in [-0.2, 0) is 6.42 Å². The van der Waals surface area contributed by atoms with Crippen molar-refractivity contribution < 1.29 is 19.4 Å². The van der Waals surface area contributed by atoms with E-state index in [0.29, 0.717) is 6.54 Å². The third kappa shape index (κ3) is 4.76. The average molecular weight is 394 g/mol. The maximum atomic E-state index is 11.9. The zero-order chi connectivity index (χ0) is 17.5. The zero-order valence-corrected chi connectivity index (χ0v) is 14.5. The summed E-state index contributed by atoms with van der Waals surface area (Å²) in [5.74, 6) is -0.772. The first-order chi connectivity index (χ1) is 11.5. The molecule has 0 aliphatic carbocycles. The van der Waals surface area contributed by atoms with Gasteiger partial charge in [0.1, 0.15) is 11.4 Å². The van der Waals surface area contributed by atoms with Gasteiger partial charge in [-0.2, -0.15) is 0 Å². The van der Waals surface area contributed by atoms with Gasteiger partial charge in [-0.15, -0.1) is 0 Å². The van der Waals surface area contributed by atoms with Crippen molar-refractivity contribution in [3.8, 4) is 5.75 Å². The van der Waals surface area contributed by atoms with Crippen LogP contribution in [0.3, 0.4) is 0 Å². The lowest BCUT2D eigenvalue weighted by Crippen LogP contribution is -2.26. The molecule has 0 spiro atoms. The minimum Gasteiger partial charge on any atom is -0.496 e. The first kappa shape index (κ1) is 17.9. The number of carbonyl (C=O) groups excluding carboxylic acids is 1. The summed E-state index contributed by atoms with van der Waals surface area (Å²) in [5.41, 5.74) is 0.940. The predicted octanol–water partition coefficient (Wildman–Crippen LogP) is 2.31. The molecule has 1 heterocycles. The second-order valence-corrected chi connectivity index (χ2v) is 5.82. The van der Waals surface area contributed by atoms with Crippen molar-refractivity contribution in [2.24, 2.45) is 0 Å². The fourth-order valence-electron chi connectivity index (χ4n) is 2.05. The van der Waals surface area contributed by atoms with Crippen LogP contribution in [0.15, 0.2) is 35.1 Å². The molecule has 7 nitrogen and oxygen atoms in total. The molecule has 0 atom stereocenters. The highest BCUT2D eigenvalue weighted by atomic mass is 79.9. The van der Waals surface area contributed by atoms with Gasteiger partial charge in [0.25, 0.3) is 5.91 Å². The molecule has 126 valence electrons. The summed E-state index contributed by atoms with van der Waals surface area (Å²) in [5, 5.41) is 11.5. The first-order valence-electron chi connectivity index (χ1n) is 7.17. The summed E-state index contributed by atoms with van der Waals surface area (Å²) in [4.78, 5) is 30.1. The van der Waals surface area contributed by atoms with Gasteiger partial charge in [0.2, 0.25) is 0 Å². The van der Waals surface area contributed by atoms with Crippen LogP contribution in [0.1, 0.15) is 33.0 Å². The number of nitrogens with zero attached hydrogens (tertiary/aromatic N) is 2. The van der Waals surface area contributed by atoms with Crippen molar-refractivity contribution in [1.82, 2.24) is 15.3 Å². The number of halogens is 1. The van der Waals surface area contributed by atoms with Gasteiger partial charge in [-0.3, -0.25) is 4.79 Å². The molecular weight excluding hydrogens is 378 g/mol. The Labute approximate surface area is 147 Å². The molecule has 0 aliphatic rings. The standard InChI is InChI=1S/C16H16BrN3O4/c1-24-14-7-11(17)5-4-10(14)3-2-6-18-15(21)12-8-20-13(9-19-12)16(22)23/h4-5,7-9H,2-3,6H2,1H3,(H,18,21)(H,22,23). The van der Waals surface area contributed by atoms with Crippen LogP contribution in [0.4, 0.5) is 0 Å². The van der Waals surface area contributed by atoms with E-state index in [1.165, 1.54) is 0 Å². The molecule has 0 aliphatic heterocycles. The highest BCUT2D eigenvalue weighted by molar-refractivity contribution is 9.10. The summed E-state index contributed by atoms with van der Waals surface area (Å²) in [6.45, 7) is 0.459. The quantitative estimate of drug-likeness (QED) is 0.699. The minimum absolute atomic E-state index is 0.0845. The normalized spacial score (nSPS) is 10.2. The number of hydrogen-bond donors (Lipinski definition) is 2. The SMILES string of the molecule is COc1cc(Br)ccc1CCCNC(=O)c1cnc(C(=O)O)cn1. The number of amides is 1. The van der Waals surface area contributed by atoms with E-state index in [-0.39, 0.29) is 17.3 Å². The van der Waals surface area contributed by atoms with Crippen LogP contribution < -0.4 is 10.1 Å². The van der Waals surface area contributed by atoms with Crippen molar-refractivity contribution in [3.05, 3.63) is 52.0 Å². The van der Waals surface area contributed by atoms with E-state index in [1.807, 2.05) is 18.2 Å². The van der Waals surface area contributed by atoms with Crippen LogP contribution >= 0.6 is 15.9 Å². The number of hydrogen-bond acceptors (Lipinski definition) is 5. The summed E-state index contributed by atoms with van der Waals surface area (Å²) < 4.78 is 6.26. The van der Waals surface area contributed by atoms with Crippen molar-refractivity contribution in [3.63, 3.8) is 0 Å². The molecule has 0 unspecified atom stereocenters.